The molecular formula is C52H58N12O5. The zero-order valence-electron chi connectivity index (χ0n) is 39.1. The molecule has 0 bridgehead atoms. The van der Waals surface area contributed by atoms with Crippen molar-refractivity contribution in [3.63, 3.8) is 0 Å². The number of rotatable bonds is 14. The summed E-state index contributed by atoms with van der Waals surface area (Å²) in [5.41, 5.74) is 18.6. The van der Waals surface area contributed by atoms with Crippen molar-refractivity contribution in [2.24, 2.45) is 11.5 Å². The van der Waals surface area contributed by atoms with Gasteiger partial charge in [-0.25, -0.2) is 9.97 Å². The third kappa shape index (κ3) is 12.9. The average molecular weight is 931 g/mol. The van der Waals surface area contributed by atoms with Gasteiger partial charge in [0.1, 0.15) is 11.6 Å². The number of benzene rings is 4. The molecule has 69 heavy (non-hydrogen) atoms. The second-order valence-corrected chi connectivity index (χ2v) is 16.6. The number of nitrogens with one attached hydrogen (secondary N) is 3. The van der Waals surface area contributed by atoms with Crippen molar-refractivity contribution in [3.05, 3.63) is 156 Å². The molecule has 7 N–H and O–H groups in total. The van der Waals surface area contributed by atoms with E-state index in [0.717, 1.165) is 67.5 Å². The lowest BCUT2D eigenvalue weighted by Crippen LogP contribution is -2.48. The number of pyridine rings is 2. The molecule has 2 aromatic heterocycles. The van der Waals surface area contributed by atoms with Crippen LogP contribution >= 0.6 is 0 Å². The van der Waals surface area contributed by atoms with Crippen LogP contribution in [0.5, 0.6) is 0 Å². The number of aromatic nitrogens is 2. The smallest absolute Gasteiger partial charge is 0.252 e. The molecule has 8 rings (SSSR count). The molecule has 2 aliphatic rings. The standard InChI is InChI=1S/C27H30N6O3.C25H28N6O2/c1-19(34)31-12-14-32(15-13-31)22-8-10-23(11-9-22)33(20(2)35)26-16-25(24(18-30-26)27(28)36)29-17-21-6-4-3-5-7-21;1-18(32)30-11-13-31(14-12-30)21-9-7-20(8-10-21)29-24-15-23(22(17-28-24)25(26)33)27-16-19-5-3-2-4-6-19/h3-11,16,18H,12-15,17H2,1-2H3,(H2,28,36)(H,29,30);2-10,15,17H,11-14,16H2,1H3,(H2,26,33)(H2,27,28,29). The SMILES string of the molecule is CC(=O)N1CCN(c2ccc(N(C(C)=O)c3cc(NCc4ccccc4)c(C(N)=O)cn3)cc2)CC1.CC(=O)N1CCN(c2ccc(Nc3cc(NCc4ccccc4)c(C(N)=O)cn3)cc2)CC1. The van der Waals surface area contributed by atoms with Gasteiger partial charge in [-0.3, -0.25) is 28.9 Å². The van der Waals surface area contributed by atoms with Crippen LogP contribution in [0.4, 0.5) is 45.8 Å². The molecule has 356 valence electrons. The maximum Gasteiger partial charge on any atom is 0.252 e. The van der Waals surface area contributed by atoms with Crippen molar-refractivity contribution < 1.29 is 24.0 Å². The first kappa shape index (κ1) is 48.5. The van der Waals surface area contributed by atoms with E-state index in [-0.39, 0.29) is 23.3 Å². The Morgan fingerprint density at radius 1 is 0.551 bits per heavy atom. The second kappa shape index (κ2) is 22.8. The zero-order valence-corrected chi connectivity index (χ0v) is 39.1. The largest absolute Gasteiger partial charge is 0.380 e. The van der Waals surface area contributed by atoms with Gasteiger partial charge in [0, 0.05) is 128 Å². The summed E-state index contributed by atoms with van der Waals surface area (Å²) in [5.74, 6) is -0.140. The molecule has 0 atom stereocenters. The van der Waals surface area contributed by atoms with E-state index >= 15 is 0 Å². The van der Waals surface area contributed by atoms with Crippen molar-refractivity contribution in [2.45, 2.75) is 33.9 Å². The van der Waals surface area contributed by atoms with Gasteiger partial charge in [0.05, 0.1) is 28.2 Å². The van der Waals surface area contributed by atoms with Crippen LogP contribution in [0.15, 0.2) is 134 Å². The Morgan fingerprint density at radius 2 is 0.986 bits per heavy atom. The minimum atomic E-state index is -0.604. The molecule has 4 aromatic carbocycles. The fraction of sp³-hybridized carbons (Fsp3) is 0.250. The zero-order chi connectivity index (χ0) is 48.9. The van der Waals surface area contributed by atoms with Crippen LogP contribution in [0, 0.1) is 0 Å². The number of piperazine rings is 2. The molecular weight excluding hydrogens is 873 g/mol. The maximum atomic E-state index is 12.7. The number of hydrogen-bond acceptors (Lipinski definition) is 12. The minimum absolute atomic E-state index is 0.0922. The van der Waals surface area contributed by atoms with Gasteiger partial charge >= 0.3 is 0 Å². The molecule has 0 aliphatic carbocycles. The molecule has 0 unspecified atom stereocenters. The van der Waals surface area contributed by atoms with E-state index in [1.807, 2.05) is 107 Å². The average Bonchev–Trinajstić information content (AvgIpc) is 3.36. The van der Waals surface area contributed by atoms with E-state index in [1.54, 1.807) is 26.0 Å². The van der Waals surface area contributed by atoms with E-state index < -0.39 is 11.8 Å². The quantitative estimate of drug-likeness (QED) is 0.0808. The van der Waals surface area contributed by atoms with Gasteiger partial charge in [-0.15, -0.1) is 0 Å². The van der Waals surface area contributed by atoms with Crippen molar-refractivity contribution in [1.82, 2.24) is 19.8 Å². The van der Waals surface area contributed by atoms with E-state index in [9.17, 15) is 24.0 Å². The molecule has 2 fully saturated rings. The van der Waals surface area contributed by atoms with Gasteiger partial charge in [0.2, 0.25) is 17.7 Å². The van der Waals surface area contributed by atoms with Crippen LogP contribution < -0.4 is 42.1 Å². The van der Waals surface area contributed by atoms with Gasteiger partial charge in [0.15, 0.2) is 0 Å². The van der Waals surface area contributed by atoms with Crippen LogP contribution in [0.2, 0.25) is 0 Å². The Balaban J connectivity index is 0.000000205. The monoisotopic (exact) mass is 930 g/mol. The molecule has 4 heterocycles. The topological polar surface area (TPSA) is 215 Å². The summed E-state index contributed by atoms with van der Waals surface area (Å²) in [6.45, 7) is 11.7. The number of nitrogens with two attached hydrogens (primary N) is 2. The lowest BCUT2D eigenvalue weighted by molar-refractivity contribution is -0.129. The number of carbonyl (C=O) groups is 5. The van der Waals surface area contributed by atoms with Gasteiger partial charge < -0.3 is 47.0 Å². The molecule has 5 amide bonds. The van der Waals surface area contributed by atoms with E-state index in [4.69, 9.17) is 11.5 Å². The highest BCUT2D eigenvalue weighted by molar-refractivity contribution is 6.02. The first-order valence-electron chi connectivity index (χ1n) is 22.8. The number of hydrogen-bond donors (Lipinski definition) is 5. The normalized spacial score (nSPS) is 13.4. The molecule has 2 aliphatic heterocycles. The fourth-order valence-corrected chi connectivity index (χ4v) is 8.11. The maximum absolute atomic E-state index is 12.7. The van der Waals surface area contributed by atoms with Crippen LogP contribution in [-0.2, 0) is 27.5 Å². The Bertz CT molecular complexity index is 2720. The summed E-state index contributed by atoms with van der Waals surface area (Å²) in [5, 5.41) is 9.82. The van der Waals surface area contributed by atoms with Crippen molar-refractivity contribution in [1.29, 1.82) is 0 Å². The second-order valence-electron chi connectivity index (χ2n) is 16.6. The third-order valence-electron chi connectivity index (χ3n) is 11.9. The first-order valence-corrected chi connectivity index (χ1v) is 22.8. The number of anilines is 8. The van der Waals surface area contributed by atoms with Crippen LogP contribution in [0.1, 0.15) is 52.6 Å². The van der Waals surface area contributed by atoms with Crippen LogP contribution in [0.25, 0.3) is 0 Å². The summed E-state index contributed by atoms with van der Waals surface area (Å²) in [7, 11) is 0. The van der Waals surface area contributed by atoms with Crippen molar-refractivity contribution >= 4 is 75.3 Å². The number of carbonyl (C=O) groups excluding carboxylic acids is 5. The predicted octanol–water partition coefficient (Wildman–Crippen LogP) is 6.35. The third-order valence-corrected chi connectivity index (χ3v) is 11.9. The molecule has 0 spiro atoms. The summed E-state index contributed by atoms with van der Waals surface area (Å²) < 4.78 is 0. The van der Waals surface area contributed by atoms with Gasteiger partial charge in [0.25, 0.3) is 11.8 Å². The van der Waals surface area contributed by atoms with Crippen LogP contribution in [-0.4, -0.2) is 102 Å². The molecule has 0 radical (unpaired) electrons. The molecule has 2 saturated heterocycles. The molecule has 17 heteroatoms. The number of nitrogens with zero attached hydrogens (tertiary/aromatic N) is 7. The Hall–Kier alpha value is -8.47. The minimum Gasteiger partial charge on any atom is -0.380 e. The number of amides is 5. The summed E-state index contributed by atoms with van der Waals surface area (Å²) >= 11 is 0. The Labute approximate surface area is 402 Å². The van der Waals surface area contributed by atoms with Gasteiger partial charge in [-0.1, -0.05) is 60.7 Å². The molecule has 17 nitrogen and oxygen atoms in total. The first-order chi connectivity index (χ1) is 33.3. The summed E-state index contributed by atoms with van der Waals surface area (Å²) in [6.07, 6.45) is 2.88. The highest BCUT2D eigenvalue weighted by Crippen LogP contribution is 2.31. The highest BCUT2D eigenvalue weighted by Gasteiger charge is 2.23. The molecule has 6 aromatic rings. The van der Waals surface area contributed by atoms with Gasteiger partial charge in [-0.2, -0.15) is 0 Å². The highest BCUT2D eigenvalue weighted by atomic mass is 16.2. The van der Waals surface area contributed by atoms with E-state index in [1.165, 1.54) is 24.2 Å². The summed E-state index contributed by atoms with van der Waals surface area (Å²) in [6, 6.07) is 38.9. The van der Waals surface area contributed by atoms with Gasteiger partial charge in [-0.05, 0) is 59.7 Å². The predicted molar refractivity (Wildman–Crippen MR) is 271 cm³/mol. The number of primary amides is 2. The van der Waals surface area contributed by atoms with E-state index in [0.29, 0.717) is 60.4 Å². The lowest BCUT2D eigenvalue weighted by atomic mass is 10.1. The van der Waals surface area contributed by atoms with E-state index in [2.05, 4.69) is 47.9 Å². The lowest BCUT2D eigenvalue weighted by Gasteiger charge is -2.35. The molecule has 0 saturated carbocycles. The van der Waals surface area contributed by atoms with Crippen molar-refractivity contribution in [2.75, 3.05) is 83.0 Å². The summed E-state index contributed by atoms with van der Waals surface area (Å²) in [4.78, 5) is 78.0. The van der Waals surface area contributed by atoms with Crippen LogP contribution in [0.3, 0.4) is 0 Å². The Kier molecular flexibility index (Phi) is 16.0. The Morgan fingerprint density at radius 3 is 1.42 bits per heavy atom. The van der Waals surface area contributed by atoms with Crippen molar-refractivity contribution in [3.8, 4) is 0 Å². The fourth-order valence-electron chi connectivity index (χ4n) is 8.11.